The first-order valence-electron chi connectivity index (χ1n) is 8.48. The molecule has 2 aromatic carbocycles. The Labute approximate surface area is 169 Å². The van der Waals surface area contributed by atoms with Crippen LogP contribution >= 0.6 is 11.6 Å². The summed E-state index contributed by atoms with van der Waals surface area (Å²) < 4.78 is 66.2. The van der Waals surface area contributed by atoms with Gasteiger partial charge in [0.05, 0.1) is 5.69 Å². The number of amides is 1. The van der Waals surface area contributed by atoms with Crippen LogP contribution in [-0.4, -0.2) is 32.0 Å². The lowest BCUT2D eigenvalue weighted by Gasteiger charge is -2.23. The lowest BCUT2D eigenvalue weighted by atomic mass is 10.2. The highest BCUT2D eigenvalue weighted by atomic mass is 35.5. The predicted octanol–water partition coefficient (Wildman–Crippen LogP) is 3.79. The van der Waals surface area contributed by atoms with Crippen molar-refractivity contribution in [2.75, 3.05) is 16.2 Å². The Hall–Kier alpha value is -2.46. The van der Waals surface area contributed by atoms with E-state index in [4.69, 9.17) is 11.6 Å². The van der Waals surface area contributed by atoms with Crippen molar-refractivity contribution in [1.82, 2.24) is 0 Å². The zero-order valence-electron chi connectivity index (χ0n) is 14.6. The van der Waals surface area contributed by atoms with Gasteiger partial charge in [-0.15, -0.1) is 13.2 Å². The van der Waals surface area contributed by atoms with Crippen molar-refractivity contribution in [2.45, 2.75) is 17.5 Å². The molecule has 4 rings (SSSR count). The highest BCUT2D eigenvalue weighted by Crippen LogP contribution is 2.58. The van der Waals surface area contributed by atoms with Crippen molar-refractivity contribution in [3.63, 3.8) is 0 Å². The third-order valence-corrected chi connectivity index (χ3v) is 7.83. The van der Waals surface area contributed by atoms with E-state index < -0.39 is 32.8 Å². The van der Waals surface area contributed by atoms with Crippen LogP contribution in [0.5, 0.6) is 5.75 Å². The summed E-state index contributed by atoms with van der Waals surface area (Å²) in [5, 5.41) is 2.95. The molecule has 11 heteroatoms. The number of anilines is 2. The SMILES string of the molecule is O=C(Nc1ccc(OC(F)(F)F)cc1)[C@@]12C[C@@H]1CN(c1ccc(Cl)cc1)S2(=O)=O. The molecule has 1 saturated carbocycles. The van der Waals surface area contributed by atoms with Gasteiger partial charge in [-0.3, -0.25) is 9.10 Å². The van der Waals surface area contributed by atoms with Crippen LogP contribution in [0.2, 0.25) is 5.02 Å². The van der Waals surface area contributed by atoms with Crippen LogP contribution in [0.3, 0.4) is 0 Å². The van der Waals surface area contributed by atoms with E-state index in [-0.39, 0.29) is 24.6 Å². The van der Waals surface area contributed by atoms with Gasteiger partial charge in [-0.25, -0.2) is 8.42 Å². The van der Waals surface area contributed by atoms with E-state index >= 15 is 0 Å². The maximum Gasteiger partial charge on any atom is 0.573 e. The average molecular weight is 447 g/mol. The van der Waals surface area contributed by atoms with Crippen LogP contribution in [0.1, 0.15) is 6.42 Å². The van der Waals surface area contributed by atoms with Crippen molar-refractivity contribution in [2.24, 2.45) is 5.92 Å². The number of halogens is 4. The molecule has 2 atom stereocenters. The fourth-order valence-electron chi connectivity index (χ4n) is 3.55. The molecule has 0 radical (unpaired) electrons. The minimum absolute atomic E-state index is 0.171. The molecule has 0 spiro atoms. The van der Waals surface area contributed by atoms with Crippen molar-refractivity contribution >= 4 is 38.9 Å². The lowest BCUT2D eigenvalue weighted by Crippen LogP contribution is -2.42. The molecule has 2 aromatic rings. The smallest absolute Gasteiger partial charge is 0.406 e. The molecule has 1 saturated heterocycles. The van der Waals surface area contributed by atoms with E-state index in [9.17, 15) is 26.4 Å². The first-order chi connectivity index (χ1) is 13.5. The number of alkyl halides is 3. The number of ether oxygens (including phenoxy) is 1. The summed E-state index contributed by atoms with van der Waals surface area (Å²) in [6.07, 6.45) is -4.63. The highest BCUT2D eigenvalue weighted by Gasteiger charge is 2.75. The standard InChI is InChI=1S/C18H14ClF3N2O4S/c19-12-1-5-14(6-2-12)24-10-11-9-17(11,29(24,26)27)16(25)23-13-3-7-15(8-4-13)28-18(20,21)22/h1-8,11H,9-10H2,(H,23,25)/t11-,17-/m1/s1. The van der Waals surface area contributed by atoms with Gasteiger partial charge >= 0.3 is 6.36 Å². The average Bonchev–Trinajstić information content (AvgIpc) is 3.32. The van der Waals surface area contributed by atoms with E-state index in [2.05, 4.69) is 10.1 Å². The second-order valence-corrected chi connectivity index (χ2v) is 9.39. The van der Waals surface area contributed by atoms with E-state index in [0.29, 0.717) is 10.7 Å². The van der Waals surface area contributed by atoms with Gasteiger partial charge in [-0.1, -0.05) is 11.6 Å². The minimum Gasteiger partial charge on any atom is -0.406 e. The van der Waals surface area contributed by atoms with Crippen molar-refractivity contribution in [3.05, 3.63) is 53.6 Å². The summed E-state index contributed by atoms with van der Waals surface area (Å²) >= 11 is 5.84. The Morgan fingerprint density at radius 1 is 1.14 bits per heavy atom. The van der Waals surface area contributed by atoms with E-state index in [1.807, 2.05) is 0 Å². The van der Waals surface area contributed by atoms with Crippen LogP contribution in [0, 0.1) is 5.92 Å². The monoisotopic (exact) mass is 446 g/mol. The van der Waals surface area contributed by atoms with E-state index in [1.54, 1.807) is 24.3 Å². The minimum atomic E-state index is -4.83. The largest absolute Gasteiger partial charge is 0.573 e. The predicted molar refractivity (Wildman–Crippen MR) is 100 cm³/mol. The highest BCUT2D eigenvalue weighted by molar-refractivity contribution is 7.95. The Morgan fingerprint density at radius 2 is 1.76 bits per heavy atom. The zero-order valence-corrected chi connectivity index (χ0v) is 16.2. The number of carbonyl (C=O) groups excluding carboxylic acids is 1. The van der Waals surface area contributed by atoms with Gasteiger partial charge < -0.3 is 10.1 Å². The maximum absolute atomic E-state index is 13.1. The second kappa shape index (κ2) is 6.53. The number of rotatable bonds is 4. The van der Waals surface area contributed by atoms with E-state index in [1.165, 1.54) is 16.4 Å². The number of nitrogens with zero attached hydrogens (tertiary/aromatic N) is 1. The van der Waals surface area contributed by atoms with Gasteiger partial charge in [-0.2, -0.15) is 0 Å². The number of hydrogen-bond donors (Lipinski definition) is 1. The summed E-state index contributed by atoms with van der Waals surface area (Å²) in [5.74, 6) is -1.51. The summed E-state index contributed by atoms with van der Waals surface area (Å²) in [6.45, 7) is 0.176. The Balaban J connectivity index is 1.51. The number of carbonyl (C=O) groups is 1. The molecule has 154 valence electrons. The first kappa shape index (κ1) is 19.8. The maximum atomic E-state index is 13.1. The molecular weight excluding hydrogens is 433 g/mol. The molecule has 1 N–H and O–H groups in total. The van der Waals surface area contributed by atoms with Crippen molar-refractivity contribution in [3.8, 4) is 5.75 Å². The van der Waals surface area contributed by atoms with Gasteiger partial charge in [-0.05, 0) is 55.0 Å². The van der Waals surface area contributed by atoms with Crippen LogP contribution < -0.4 is 14.4 Å². The van der Waals surface area contributed by atoms with E-state index in [0.717, 1.165) is 12.1 Å². The van der Waals surface area contributed by atoms with Crippen LogP contribution in [0.4, 0.5) is 24.5 Å². The first-order valence-corrected chi connectivity index (χ1v) is 10.3. The molecule has 0 bridgehead atoms. The second-order valence-electron chi connectivity index (χ2n) is 6.83. The number of hydrogen-bond acceptors (Lipinski definition) is 4. The summed E-state index contributed by atoms with van der Waals surface area (Å²) in [6, 6.07) is 10.8. The Morgan fingerprint density at radius 3 is 2.34 bits per heavy atom. The molecular formula is C18H14ClF3N2O4S. The topological polar surface area (TPSA) is 75.7 Å². The van der Waals surface area contributed by atoms with Gasteiger partial charge in [0.15, 0.2) is 4.75 Å². The molecule has 1 amide bonds. The lowest BCUT2D eigenvalue weighted by molar-refractivity contribution is -0.274. The van der Waals surface area contributed by atoms with Crippen LogP contribution in [0.25, 0.3) is 0 Å². The molecule has 0 unspecified atom stereocenters. The quantitative estimate of drug-likeness (QED) is 0.775. The number of fused-ring (bicyclic) bond motifs is 1. The number of sulfonamides is 1. The van der Waals surface area contributed by atoms with Crippen LogP contribution in [-0.2, 0) is 14.8 Å². The molecule has 1 heterocycles. The molecule has 29 heavy (non-hydrogen) atoms. The Bertz CT molecular complexity index is 1060. The Kier molecular flexibility index (Phi) is 4.47. The number of nitrogens with one attached hydrogen (secondary N) is 1. The third-order valence-electron chi connectivity index (χ3n) is 5.03. The number of benzene rings is 2. The molecule has 0 aromatic heterocycles. The fourth-order valence-corrected chi connectivity index (χ4v) is 6.04. The van der Waals surface area contributed by atoms with Crippen molar-refractivity contribution in [1.29, 1.82) is 0 Å². The van der Waals surface area contributed by atoms with Crippen LogP contribution in [0.15, 0.2) is 48.5 Å². The molecule has 6 nitrogen and oxygen atoms in total. The van der Waals surface area contributed by atoms with Gasteiger partial charge in [0.2, 0.25) is 15.9 Å². The fraction of sp³-hybridized carbons (Fsp3) is 0.278. The van der Waals surface area contributed by atoms with Gasteiger partial charge in [0.1, 0.15) is 5.75 Å². The van der Waals surface area contributed by atoms with Crippen molar-refractivity contribution < 1.29 is 31.1 Å². The van der Waals surface area contributed by atoms with Gasteiger partial charge in [0.25, 0.3) is 0 Å². The molecule has 1 aliphatic heterocycles. The third kappa shape index (κ3) is 3.40. The summed E-state index contributed by atoms with van der Waals surface area (Å²) in [5.41, 5.74) is 0.590. The normalized spacial score (nSPS) is 24.7. The molecule has 2 fully saturated rings. The molecule has 2 aliphatic rings. The molecule has 1 aliphatic carbocycles. The zero-order chi connectivity index (χ0) is 21.0. The van der Waals surface area contributed by atoms with Gasteiger partial charge in [0, 0.05) is 23.2 Å². The summed E-state index contributed by atoms with van der Waals surface area (Å²) in [4.78, 5) is 12.8. The summed E-state index contributed by atoms with van der Waals surface area (Å²) in [7, 11) is -3.97.